The zero-order chi connectivity index (χ0) is 11.7. The van der Waals surface area contributed by atoms with E-state index < -0.39 is 0 Å². The molecule has 16 heavy (non-hydrogen) atoms. The normalized spacial score (nSPS) is 13.6. The third-order valence-corrected chi connectivity index (χ3v) is 3.08. The highest BCUT2D eigenvalue weighted by molar-refractivity contribution is 5.55. The van der Waals surface area contributed by atoms with E-state index in [2.05, 4.69) is 48.5 Å². The lowest BCUT2D eigenvalue weighted by Crippen LogP contribution is -2.09. The summed E-state index contributed by atoms with van der Waals surface area (Å²) in [5.74, 6) is 0.855. The van der Waals surface area contributed by atoms with Crippen molar-refractivity contribution < 1.29 is 0 Å². The molecule has 1 atom stereocenters. The van der Waals surface area contributed by atoms with E-state index in [1.165, 1.54) is 11.1 Å². The number of aromatic nitrogens is 2. The fraction of sp³-hybridized carbons (Fsp3) is 0.462. The van der Waals surface area contributed by atoms with E-state index in [-0.39, 0.29) is 0 Å². The third-order valence-electron chi connectivity index (χ3n) is 3.08. The topological polar surface area (TPSA) is 43.3 Å². The summed E-state index contributed by atoms with van der Waals surface area (Å²) in [7, 11) is 0. The van der Waals surface area contributed by atoms with Crippen LogP contribution >= 0.6 is 0 Å². The minimum atomic E-state index is 0.312. The van der Waals surface area contributed by atoms with Crippen molar-refractivity contribution in [3.63, 3.8) is 0 Å². The second-order valence-corrected chi connectivity index (χ2v) is 4.67. The van der Waals surface area contributed by atoms with Crippen LogP contribution in [-0.4, -0.2) is 15.9 Å². The molecular formula is C13H19N3. The Morgan fingerprint density at radius 1 is 1.38 bits per heavy atom. The lowest BCUT2D eigenvalue weighted by Gasteiger charge is -2.09. The third kappa shape index (κ3) is 1.83. The van der Waals surface area contributed by atoms with E-state index in [0.717, 1.165) is 5.69 Å². The molecule has 2 heterocycles. The number of fused-ring (bicyclic) bond motifs is 1. The summed E-state index contributed by atoms with van der Waals surface area (Å²) >= 11 is 0. The minimum Gasteiger partial charge on any atom is -0.330 e. The van der Waals surface area contributed by atoms with E-state index in [1.54, 1.807) is 0 Å². The van der Waals surface area contributed by atoms with Gasteiger partial charge in [0.15, 0.2) is 0 Å². The maximum Gasteiger partial charge on any atom is 0.0995 e. The Morgan fingerprint density at radius 3 is 2.75 bits per heavy atom. The van der Waals surface area contributed by atoms with Gasteiger partial charge >= 0.3 is 0 Å². The number of hydrogen-bond donors (Lipinski definition) is 1. The van der Waals surface area contributed by atoms with Crippen molar-refractivity contribution >= 4 is 5.52 Å². The summed E-state index contributed by atoms with van der Waals surface area (Å²) in [6, 6.07) is 4.37. The van der Waals surface area contributed by atoms with Gasteiger partial charge in [0.25, 0.3) is 0 Å². The summed E-state index contributed by atoms with van der Waals surface area (Å²) in [5, 5.41) is 0. The quantitative estimate of drug-likeness (QED) is 0.858. The number of imidazole rings is 1. The van der Waals surface area contributed by atoms with Crippen molar-refractivity contribution in [3.05, 3.63) is 35.9 Å². The van der Waals surface area contributed by atoms with Gasteiger partial charge in [0.2, 0.25) is 0 Å². The van der Waals surface area contributed by atoms with Gasteiger partial charge in [-0.1, -0.05) is 20.8 Å². The molecule has 0 radical (unpaired) electrons. The lowest BCUT2D eigenvalue weighted by atomic mass is 10.0. The summed E-state index contributed by atoms with van der Waals surface area (Å²) in [6.07, 6.45) is 3.94. The summed E-state index contributed by atoms with van der Waals surface area (Å²) in [6.45, 7) is 7.16. The Balaban J connectivity index is 2.55. The monoisotopic (exact) mass is 217 g/mol. The van der Waals surface area contributed by atoms with Crippen molar-refractivity contribution in [2.24, 2.45) is 5.73 Å². The molecular weight excluding hydrogens is 198 g/mol. The van der Waals surface area contributed by atoms with Gasteiger partial charge in [-0.2, -0.15) is 0 Å². The molecule has 2 aromatic rings. The molecule has 0 saturated carbocycles. The molecule has 0 aromatic carbocycles. The first-order chi connectivity index (χ1) is 7.63. The maximum atomic E-state index is 5.70. The zero-order valence-electron chi connectivity index (χ0n) is 10.1. The van der Waals surface area contributed by atoms with Crippen LogP contribution in [0.2, 0.25) is 0 Å². The molecule has 2 rings (SSSR count). The first kappa shape index (κ1) is 11.1. The molecule has 0 fully saturated rings. The molecule has 0 aliphatic carbocycles. The lowest BCUT2D eigenvalue weighted by molar-refractivity contribution is 0.757. The van der Waals surface area contributed by atoms with E-state index in [4.69, 9.17) is 5.73 Å². The Kier molecular flexibility index (Phi) is 2.97. The van der Waals surface area contributed by atoms with Gasteiger partial charge in [-0.25, -0.2) is 4.98 Å². The van der Waals surface area contributed by atoms with Crippen LogP contribution in [0.5, 0.6) is 0 Å². The SMILES string of the molecule is CC(C)c1ccn2cnc(C(C)CN)c2c1. The van der Waals surface area contributed by atoms with Crippen molar-refractivity contribution in [1.29, 1.82) is 0 Å². The highest BCUT2D eigenvalue weighted by atomic mass is 15.0. The Labute approximate surface area is 96.3 Å². The summed E-state index contributed by atoms with van der Waals surface area (Å²) < 4.78 is 2.06. The van der Waals surface area contributed by atoms with Crippen molar-refractivity contribution in [2.75, 3.05) is 6.54 Å². The van der Waals surface area contributed by atoms with E-state index >= 15 is 0 Å². The Hall–Kier alpha value is -1.35. The predicted octanol–water partition coefficient (Wildman–Crippen LogP) is 2.52. The fourth-order valence-electron chi connectivity index (χ4n) is 1.88. The van der Waals surface area contributed by atoms with Crippen LogP contribution in [0.4, 0.5) is 0 Å². The van der Waals surface area contributed by atoms with Crippen LogP contribution in [0.15, 0.2) is 24.7 Å². The molecule has 0 amide bonds. The van der Waals surface area contributed by atoms with Crippen LogP contribution in [-0.2, 0) is 0 Å². The average molecular weight is 217 g/mol. The number of nitrogens with zero attached hydrogens (tertiary/aromatic N) is 2. The molecule has 2 N–H and O–H groups in total. The molecule has 0 aliphatic rings. The van der Waals surface area contributed by atoms with Crippen LogP contribution < -0.4 is 5.73 Å². The van der Waals surface area contributed by atoms with E-state index in [9.17, 15) is 0 Å². The fourth-order valence-corrected chi connectivity index (χ4v) is 1.88. The molecule has 0 spiro atoms. The Morgan fingerprint density at radius 2 is 2.12 bits per heavy atom. The second-order valence-electron chi connectivity index (χ2n) is 4.67. The summed E-state index contributed by atoms with van der Waals surface area (Å²) in [5.41, 5.74) is 9.33. The van der Waals surface area contributed by atoms with Crippen molar-refractivity contribution in [3.8, 4) is 0 Å². The molecule has 3 heteroatoms. The van der Waals surface area contributed by atoms with Gasteiger partial charge in [-0.05, 0) is 23.6 Å². The van der Waals surface area contributed by atoms with Crippen LogP contribution in [0.3, 0.4) is 0 Å². The highest BCUT2D eigenvalue weighted by Gasteiger charge is 2.11. The van der Waals surface area contributed by atoms with Crippen LogP contribution in [0.1, 0.15) is 43.9 Å². The Bertz CT molecular complexity index is 485. The molecule has 0 aliphatic heterocycles. The molecule has 0 saturated heterocycles. The number of nitrogens with two attached hydrogens (primary N) is 1. The predicted molar refractivity (Wildman–Crippen MR) is 66.8 cm³/mol. The summed E-state index contributed by atoms with van der Waals surface area (Å²) in [4.78, 5) is 4.45. The van der Waals surface area contributed by atoms with Gasteiger partial charge < -0.3 is 10.1 Å². The minimum absolute atomic E-state index is 0.312. The first-order valence-electron chi connectivity index (χ1n) is 5.80. The number of hydrogen-bond acceptors (Lipinski definition) is 2. The standard InChI is InChI=1S/C13H19N3/c1-9(2)11-4-5-16-8-15-13(10(3)7-14)12(16)6-11/h4-6,8-10H,7,14H2,1-3H3. The van der Waals surface area contributed by atoms with Crippen molar-refractivity contribution in [1.82, 2.24) is 9.38 Å². The zero-order valence-corrected chi connectivity index (χ0v) is 10.1. The number of rotatable bonds is 3. The van der Waals surface area contributed by atoms with E-state index in [0.29, 0.717) is 18.4 Å². The molecule has 86 valence electrons. The van der Waals surface area contributed by atoms with Crippen molar-refractivity contribution in [2.45, 2.75) is 32.6 Å². The highest BCUT2D eigenvalue weighted by Crippen LogP contribution is 2.22. The van der Waals surface area contributed by atoms with Gasteiger partial charge in [0.1, 0.15) is 0 Å². The first-order valence-corrected chi connectivity index (χ1v) is 5.80. The van der Waals surface area contributed by atoms with Gasteiger partial charge in [-0.15, -0.1) is 0 Å². The molecule has 3 nitrogen and oxygen atoms in total. The largest absolute Gasteiger partial charge is 0.330 e. The second kappa shape index (κ2) is 4.26. The van der Waals surface area contributed by atoms with Crippen LogP contribution in [0, 0.1) is 0 Å². The molecule has 2 aromatic heterocycles. The van der Waals surface area contributed by atoms with Gasteiger partial charge in [0.05, 0.1) is 17.5 Å². The number of pyridine rings is 1. The van der Waals surface area contributed by atoms with E-state index in [1.807, 2.05) is 6.33 Å². The molecule has 1 unspecified atom stereocenters. The average Bonchev–Trinajstić information content (AvgIpc) is 2.70. The molecule has 0 bridgehead atoms. The smallest absolute Gasteiger partial charge is 0.0995 e. The van der Waals surface area contributed by atoms with Crippen LogP contribution in [0.25, 0.3) is 5.52 Å². The van der Waals surface area contributed by atoms with Gasteiger partial charge in [-0.3, -0.25) is 0 Å². The maximum absolute atomic E-state index is 5.70. The van der Waals surface area contributed by atoms with Gasteiger partial charge in [0, 0.05) is 18.7 Å².